The van der Waals surface area contributed by atoms with E-state index in [-0.39, 0.29) is 23.7 Å². The minimum atomic E-state index is -0.533. The molecule has 9 heteroatoms. The molecule has 1 saturated carbocycles. The van der Waals surface area contributed by atoms with Crippen molar-refractivity contribution < 1.29 is 9.18 Å². The van der Waals surface area contributed by atoms with E-state index in [4.69, 9.17) is 4.98 Å². The predicted octanol–water partition coefficient (Wildman–Crippen LogP) is 3.54. The predicted molar refractivity (Wildman–Crippen MR) is 131 cm³/mol. The van der Waals surface area contributed by atoms with Crippen LogP contribution in [-0.2, 0) is 17.8 Å². The molecule has 3 unspecified atom stereocenters. The highest BCUT2D eigenvalue weighted by Crippen LogP contribution is 2.39. The summed E-state index contributed by atoms with van der Waals surface area (Å²) in [4.78, 5) is 46.8. The van der Waals surface area contributed by atoms with Gasteiger partial charge in [0.15, 0.2) is 5.65 Å². The largest absolute Gasteiger partial charge is 0.336 e. The number of carbonyl (C=O) groups is 1. The van der Waals surface area contributed by atoms with Crippen LogP contribution in [0.15, 0.2) is 58.1 Å². The van der Waals surface area contributed by atoms with E-state index in [2.05, 4.69) is 22.2 Å². The van der Waals surface area contributed by atoms with Crippen LogP contribution in [0.25, 0.3) is 11.2 Å². The SMILES string of the molecule is CC(=O)Nc1ccc(C(Cc2ccccc2F)c2nc3c([nH]2)c(=O)[nH]c(=O)n3CC2CC2C)cc1. The number of nitrogens with zero attached hydrogens (tertiary/aromatic N) is 2. The van der Waals surface area contributed by atoms with Crippen molar-refractivity contribution in [3.8, 4) is 0 Å². The van der Waals surface area contributed by atoms with Gasteiger partial charge in [-0.2, -0.15) is 0 Å². The molecule has 0 aliphatic heterocycles. The van der Waals surface area contributed by atoms with Crippen molar-refractivity contribution in [1.29, 1.82) is 0 Å². The number of hydrogen-bond donors (Lipinski definition) is 3. The Kier molecular flexibility index (Phi) is 5.84. The van der Waals surface area contributed by atoms with Crippen molar-refractivity contribution in [2.45, 2.75) is 39.2 Å². The molecule has 2 heterocycles. The lowest BCUT2D eigenvalue weighted by molar-refractivity contribution is -0.114. The van der Waals surface area contributed by atoms with Crippen molar-refractivity contribution in [1.82, 2.24) is 19.5 Å². The minimum Gasteiger partial charge on any atom is -0.336 e. The molecule has 2 aromatic carbocycles. The molecule has 3 N–H and O–H groups in total. The van der Waals surface area contributed by atoms with Gasteiger partial charge in [-0.05, 0) is 54.0 Å². The van der Waals surface area contributed by atoms with E-state index < -0.39 is 17.2 Å². The Morgan fingerprint density at radius 3 is 2.54 bits per heavy atom. The molecule has 1 aliphatic carbocycles. The van der Waals surface area contributed by atoms with E-state index in [0.29, 0.717) is 41.1 Å². The second-order valence-corrected chi connectivity index (χ2v) is 9.31. The third-order valence-corrected chi connectivity index (χ3v) is 6.69. The summed E-state index contributed by atoms with van der Waals surface area (Å²) in [7, 11) is 0. The maximum absolute atomic E-state index is 14.6. The first kappa shape index (κ1) is 22.8. The number of anilines is 1. The van der Waals surface area contributed by atoms with Gasteiger partial charge in [-0.3, -0.25) is 19.1 Å². The highest BCUT2D eigenvalue weighted by molar-refractivity contribution is 5.88. The van der Waals surface area contributed by atoms with Crippen molar-refractivity contribution in [2.24, 2.45) is 11.8 Å². The molecule has 180 valence electrons. The summed E-state index contributed by atoms with van der Waals surface area (Å²) in [5, 5.41) is 2.73. The quantitative estimate of drug-likeness (QED) is 0.379. The molecule has 4 aromatic rings. The second-order valence-electron chi connectivity index (χ2n) is 9.31. The number of imidazole rings is 1. The van der Waals surface area contributed by atoms with E-state index in [9.17, 15) is 18.8 Å². The first-order valence-electron chi connectivity index (χ1n) is 11.6. The van der Waals surface area contributed by atoms with Gasteiger partial charge in [0.25, 0.3) is 5.56 Å². The Bertz CT molecular complexity index is 1520. The third kappa shape index (κ3) is 4.66. The van der Waals surface area contributed by atoms with Crippen LogP contribution >= 0.6 is 0 Å². The molecular weight excluding hydrogens is 449 g/mol. The van der Waals surface area contributed by atoms with E-state index in [1.54, 1.807) is 30.3 Å². The maximum atomic E-state index is 14.6. The first-order chi connectivity index (χ1) is 16.8. The molecule has 0 spiro atoms. The van der Waals surface area contributed by atoms with Crippen LogP contribution in [0.1, 0.15) is 43.1 Å². The van der Waals surface area contributed by atoms with E-state index in [1.165, 1.54) is 17.6 Å². The molecule has 1 amide bonds. The van der Waals surface area contributed by atoms with Crippen LogP contribution in [-0.4, -0.2) is 25.4 Å². The molecule has 1 fully saturated rings. The van der Waals surface area contributed by atoms with E-state index >= 15 is 0 Å². The minimum absolute atomic E-state index is 0.180. The summed E-state index contributed by atoms with van der Waals surface area (Å²) < 4.78 is 16.1. The van der Waals surface area contributed by atoms with Gasteiger partial charge in [0.2, 0.25) is 5.91 Å². The summed E-state index contributed by atoms with van der Waals surface area (Å²) in [5.41, 5.74) is 1.48. The van der Waals surface area contributed by atoms with Gasteiger partial charge in [-0.1, -0.05) is 37.3 Å². The summed E-state index contributed by atoms with van der Waals surface area (Å²) in [6.45, 7) is 4.05. The standard InChI is InChI=1S/C26H26FN5O3/c1-14-11-18(14)13-32-24-22(25(34)31-26(32)35)29-23(30-24)20(12-17-5-3-4-6-21(17)27)16-7-9-19(10-8-16)28-15(2)33/h3-10,14,18,20H,11-13H2,1-2H3,(H,28,33)(H,29,30)(H,31,34,35). The Balaban J connectivity index is 1.61. The smallest absolute Gasteiger partial charge is 0.330 e. The number of benzene rings is 2. The average Bonchev–Trinajstić information content (AvgIpc) is 3.33. The maximum Gasteiger partial charge on any atom is 0.330 e. The summed E-state index contributed by atoms with van der Waals surface area (Å²) in [6, 6.07) is 13.7. The molecule has 2 aromatic heterocycles. The van der Waals surface area contributed by atoms with Crippen LogP contribution in [0.2, 0.25) is 0 Å². The zero-order valence-electron chi connectivity index (χ0n) is 19.5. The number of rotatable bonds is 7. The van der Waals surface area contributed by atoms with Gasteiger partial charge in [0.1, 0.15) is 17.2 Å². The number of aromatic nitrogens is 4. The van der Waals surface area contributed by atoms with Crippen LogP contribution in [0.3, 0.4) is 0 Å². The molecular formula is C26H26FN5O3. The number of H-pyrrole nitrogens is 2. The monoisotopic (exact) mass is 475 g/mol. The fourth-order valence-electron chi connectivity index (χ4n) is 4.54. The van der Waals surface area contributed by atoms with Crippen LogP contribution in [0.4, 0.5) is 10.1 Å². The van der Waals surface area contributed by atoms with E-state index in [0.717, 1.165) is 12.0 Å². The van der Waals surface area contributed by atoms with Gasteiger partial charge in [0, 0.05) is 25.1 Å². The fraction of sp³-hybridized carbons (Fsp3) is 0.308. The van der Waals surface area contributed by atoms with Gasteiger partial charge >= 0.3 is 5.69 Å². The van der Waals surface area contributed by atoms with Gasteiger partial charge in [-0.15, -0.1) is 0 Å². The molecule has 35 heavy (non-hydrogen) atoms. The number of nitrogens with one attached hydrogen (secondary N) is 3. The zero-order valence-corrected chi connectivity index (χ0v) is 19.5. The molecule has 3 atom stereocenters. The van der Waals surface area contributed by atoms with Gasteiger partial charge in [0.05, 0.1) is 0 Å². The fourth-order valence-corrected chi connectivity index (χ4v) is 4.54. The molecule has 0 saturated heterocycles. The number of aromatic amines is 2. The molecule has 0 radical (unpaired) electrons. The summed E-state index contributed by atoms with van der Waals surface area (Å²) in [5.74, 6) is 0.425. The number of fused-ring (bicyclic) bond motifs is 1. The number of hydrogen-bond acceptors (Lipinski definition) is 4. The van der Waals surface area contributed by atoms with Crippen LogP contribution in [0, 0.1) is 17.7 Å². The zero-order chi connectivity index (χ0) is 24.7. The Morgan fingerprint density at radius 1 is 1.17 bits per heavy atom. The number of carbonyl (C=O) groups excluding carboxylic acids is 1. The Labute approximate surface area is 200 Å². The normalized spacial score (nSPS) is 17.9. The van der Waals surface area contributed by atoms with Gasteiger partial charge in [-0.25, -0.2) is 14.2 Å². The lowest BCUT2D eigenvalue weighted by Crippen LogP contribution is -2.31. The average molecular weight is 476 g/mol. The second kappa shape index (κ2) is 8.98. The Morgan fingerprint density at radius 2 is 1.89 bits per heavy atom. The molecule has 8 nitrogen and oxygen atoms in total. The first-order valence-corrected chi connectivity index (χ1v) is 11.6. The van der Waals surface area contributed by atoms with E-state index in [1.807, 2.05) is 12.1 Å². The summed E-state index contributed by atoms with van der Waals surface area (Å²) >= 11 is 0. The highest BCUT2D eigenvalue weighted by Gasteiger charge is 2.34. The molecule has 0 bridgehead atoms. The molecule has 1 aliphatic rings. The highest BCUT2D eigenvalue weighted by atomic mass is 19.1. The lowest BCUT2D eigenvalue weighted by Gasteiger charge is -2.16. The van der Waals surface area contributed by atoms with Crippen molar-refractivity contribution in [3.05, 3.63) is 92.1 Å². The van der Waals surface area contributed by atoms with Crippen LogP contribution in [0.5, 0.6) is 0 Å². The molecule has 5 rings (SSSR count). The van der Waals surface area contributed by atoms with Crippen molar-refractivity contribution in [3.63, 3.8) is 0 Å². The van der Waals surface area contributed by atoms with Crippen molar-refractivity contribution in [2.75, 3.05) is 5.32 Å². The third-order valence-electron chi connectivity index (χ3n) is 6.69. The number of halogens is 1. The Hall–Kier alpha value is -4.01. The lowest BCUT2D eigenvalue weighted by atomic mass is 9.91. The van der Waals surface area contributed by atoms with Crippen LogP contribution < -0.4 is 16.6 Å². The summed E-state index contributed by atoms with van der Waals surface area (Å²) in [6.07, 6.45) is 1.31. The number of amides is 1. The van der Waals surface area contributed by atoms with Gasteiger partial charge < -0.3 is 10.3 Å². The topological polar surface area (TPSA) is 113 Å². The van der Waals surface area contributed by atoms with Crippen molar-refractivity contribution >= 4 is 22.8 Å².